The van der Waals surface area contributed by atoms with Crippen LogP contribution in [0.25, 0.3) is 10.9 Å². The molecular formula is C14H17N3O. The van der Waals surface area contributed by atoms with Crippen LogP contribution in [0, 0.1) is 0 Å². The number of para-hydroxylation sites is 1. The maximum Gasteiger partial charge on any atom is 0.237 e. The molecule has 4 heteroatoms. The molecule has 18 heavy (non-hydrogen) atoms. The molecule has 0 aliphatic rings. The van der Waals surface area contributed by atoms with Gasteiger partial charge in [-0.3, -0.25) is 4.79 Å². The van der Waals surface area contributed by atoms with Crippen LogP contribution in [0.5, 0.6) is 0 Å². The topological polar surface area (TPSA) is 70.9 Å². The van der Waals surface area contributed by atoms with Crippen molar-refractivity contribution in [1.29, 1.82) is 0 Å². The van der Waals surface area contributed by atoms with E-state index in [0.29, 0.717) is 13.0 Å². The molecule has 2 rings (SSSR count). The van der Waals surface area contributed by atoms with Crippen LogP contribution < -0.4 is 11.1 Å². The number of nitrogens with one attached hydrogen (secondary N) is 2. The first-order chi connectivity index (χ1) is 8.72. The summed E-state index contributed by atoms with van der Waals surface area (Å²) in [6.07, 6.45) is 4.06. The van der Waals surface area contributed by atoms with Crippen molar-refractivity contribution < 1.29 is 4.79 Å². The van der Waals surface area contributed by atoms with Crippen LogP contribution in [-0.4, -0.2) is 23.5 Å². The van der Waals surface area contributed by atoms with Crippen LogP contribution in [-0.2, 0) is 11.2 Å². The molecule has 1 aromatic heterocycles. The molecule has 0 spiro atoms. The summed E-state index contributed by atoms with van der Waals surface area (Å²) in [5.41, 5.74) is 8.00. The van der Waals surface area contributed by atoms with Gasteiger partial charge in [0.15, 0.2) is 0 Å². The number of benzene rings is 1. The molecule has 4 N–H and O–H groups in total. The Morgan fingerprint density at radius 3 is 3.06 bits per heavy atom. The van der Waals surface area contributed by atoms with Gasteiger partial charge in [0.25, 0.3) is 0 Å². The predicted molar refractivity (Wildman–Crippen MR) is 73.2 cm³/mol. The zero-order valence-electron chi connectivity index (χ0n) is 10.1. The molecule has 0 aliphatic heterocycles. The third kappa shape index (κ3) is 2.60. The van der Waals surface area contributed by atoms with E-state index in [9.17, 15) is 4.79 Å². The number of nitrogens with two attached hydrogens (primary N) is 1. The van der Waals surface area contributed by atoms with Gasteiger partial charge in [0.2, 0.25) is 5.91 Å². The second-order valence-corrected chi connectivity index (χ2v) is 4.20. The number of hydrogen-bond acceptors (Lipinski definition) is 2. The van der Waals surface area contributed by atoms with Crippen LogP contribution in [0.4, 0.5) is 0 Å². The summed E-state index contributed by atoms with van der Waals surface area (Å²) in [6.45, 7) is 3.99. The van der Waals surface area contributed by atoms with Crippen molar-refractivity contribution >= 4 is 16.8 Å². The highest BCUT2D eigenvalue weighted by molar-refractivity contribution is 5.86. The van der Waals surface area contributed by atoms with Crippen molar-refractivity contribution in [1.82, 2.24) is 10.3 Å². The highest BCUT2D eigenvalue weighted by Gasteiger charge is 2.15. The normalized spacial score (nSPS) is 12.3. The van der Waals surface area contributed by atoms with Crippen LogP contribution in [0.3, 0.4) is 0 Å². The molecule has 0 unspecified atom stereocenters. The van der Waals surface area contributed by atoms with E-state index in [1.807, 2.05) is 30.5 Å². The lowest BCUT2D eigenvalue weighted by Crippen LogP contribution is -2.41. The fourth-order valence-electron chi connectivity index (χ4n) is 1.93. The van der Waals surface area contributed by atoms with Crippen LogP contribution >= 0.6 is 0 Å². The minimum Gasteiger partial charge on any atom is -0.361 e. The van der Waals surface area contributed by atoms with Crippen LogP contribution in [0.2, 0.25) is 0 Å². The summed E-state index contributed by atoms with van der Waals surface area (Å²) in [4.78, 5) is 14.8. The average Bonchev–Trinajstić information content (AvgIpc) is 2.79. The SMILES string of the molecule is C=CCNC(=O)[C@@H](N)Cc1c[nH]c2ccccc12. The van der Waals surface area contributed by atoms with Gasteiger partial charge in [0.1, 0.15) is 0 Å². The minimum atomic E-state index is -0.538. The molecule has 1 amide bonds. The highest BCUT2D eigenvalue weighted by Crippen LogP contribution is 2.18. The van der Waals surface area contributed by atoms with Gasteiger partial charge in [0.05, 0.1) is 6.04 Å². The van der Waals surface area contributed by atoms with Gasteiger partial charge in [0, 0.05) is 23.6 Å². The summed E-state index contributed by atoms with van der Waals surface area (Å²) >= 11 is 0. The molecule has 1 heterocycles. The number of fused-ring (bicyclic) bond motifs is 1. The number of amides is 1. The Balaban J connectivity index is 2.09. The fourth-order valence-corrected chi connectivity index (χ4v) is 1.93. The molecule has 0 aliphatic carbocycles. The number of rotatable bonds is 5. The van der Waals surface area contributed by atoms with Gasteiger partial charge in [-0.1, -0.05) is 24.3 Å². The molecule has 2 aromatic rings. The lowest BCUT2D eigenvalue weighted by molar-refractivity contribution is -0.122. The predicted octanol–water partition coefficient (Wildman–Crippen LogP) is 1.34. The average molecular weight is 243 g/mol. The molecule has 1 aromatic carbocycles. The van der Waals surface area contributed by atoms with E-state index in [2.05, 4.69) is 16.9 Å². The molecule has 0 fully saturated rings. The van der Waals surface area contributed by atoms with E-state index in [1.165, 1.54) is 0 Å². The van der Waals surface area contributed by atoms with E-state index >= 15 is 0 Å². The van der Waals surface area contributed by atoms with E-state index in [0.717, 1.165) is 16.5 Å². The smallest absolute Gasteiger partial charge is 0.237 e. The second kappa shape index (κ2) is 5.51. The van der Waals surface area contributed by atoms with Crippen LogP contribution in [0.15, 0.2) is 43.1 Å². The zero-order chi connectivity index (χ0) is 13.0. The quantitative estimate of drug-likeness (QED) is 0.693. The van der Waals surface area contributed by atoms with Crippen LogP contribution in [0.1, 0.15) is 5.56 Å². The number of carbonyl (C=O) groups excluding carboxylic acids is 1. The van der Waals surface area contributed by atoms with Gasteiger partial charge in [-0.15, -0.1) is 6.58 Å². The van der Waals surface area contributed by atoms with Crippen molar-refractivity contribution in [2.24, 2.45) is 5.73 Å². The van der Waals surface area contributed by atoms with E-state index in [1.54, 1.807) is 6.08 Å². The second-order valence-electron chi connectivity index (χ2n) is 4.20. The Morgan fingerprint density at radius 2 is 2.28 bits per heavy atom. The van der Waals surface area contributed by atoms with Crippen molar-refractivity contribution in [2.45, 2.75) is 12.5 Å². The third-order valence-corrected chi connectivity index (χ3v) is 2.87. The highest BCUT2D eigenvalue weighted by atomic mass is 16.2. The molecule has 0 radical (unpaired) electrons. The molecular weight excluding hydrogens is 226 g/mol. The standard InChI is InChI=1S/C14H17N3O/c1-2-7-16-14(18)12(15)8-10-9-17-13-6-4-3-5-11(10)13/h2-6,9,12,17H,1,7-8,15H2,(H,16,18)/t12-/m0/s1. The van der Waals surface area contributed by atoms with E-state index in [4.69, 9.17) is 5.73 Å². The number of hydrogen-bond donors (Lipinski definition) is 3. The number of aromatic nitrogens is 1. The molecule has 4 nitrogen and oxygen atoms in total. The Bertz CT molecular complexity index is 559. The first-order valence-corrected chi connectivity index (χ1v) is 5.91. The molecule has 0 saturated carbocycles. The summed E-state index contributed by atoms with van der Waals surface area (Å²) in [5.74, 6) is -0.153. The van der Waals surface area contributed by atoms with Crippen molar-refractivity contribution in [2.75, 3.05) is 6.54 Å². The molecule has 0 bridgehead atoms. The Hall–Kier alpha value is -2.07. The molecule has 1 atom stereocenters. The zero-order valence-corrected chi connectivity index (χ0v) is 10.1. The Kier molecular flexibility index (Phi) is 3.79. The monoisotopic (exact) mass is 243 g/mol. The van der Waals surface area contributed by atoms with E-state index in [-0.39, 0.29) is 5.91 Å². The first-order valence-electron chi connectivity index (χ1n) is 5.91. The van der Waals surface area contributed by atoms with Crippen molar-refractivity contribution in [3.05, 3.63) is 48.7 Å². The minimum absolute atomic E-state index is 0.153. The molecule has 0 saturated heterocycles. The lowest BCUT2D eigenvalue weighted by Gasteiger charge is -2.10. The summed E-state index contributed by atoms with van der Waals surface area (Å²) in [6, 6.07) is 7.43. The Morgan fingerprint density at radius 1 is 1.50 bits per heavy atom. The van der Waals surface area contributed by atoms with Gasteiger partial charge >= 0.3 is 0 Å². The number of aromatic amines is 1. The van der Waals surface area contributed by atoms with Gasteiger partial charge in [-0.25, -0.2) is 0 Å². The summed E-state index contributed by atoms with van der Waals surface area (Å²) in [7, 11) is 0. The van der Waals surface area contributed by atoms with Crippen molar-refractivity contribution in [3.8, 4) is 0 Å². The van der Waals surface area contributed by atoms with Gasteiger partial charge < -0.3 is 16.0 Å². The maximum atomic E-state index is 11.7. The maximum absolute atomic E-state index is 11.7. The third-order valence-electron chi connectivity index (χ3n) is 2.87. The number of H-pyrrole nitrogens is 1. The Labute approximate surface area is 106 Å². The van der Waals surface area contributed by atoms with Gasteiger partial charge in [-0.2, -0.15) is 0 Å². The van der Waals surface area contributed by atoms with Crippen molar-refractivity contribution in [3.63, 3.8) is 0 Å². The lowest BCUT2D eigenvalue weighted by atomic mass is 10.1. The first kappa shape index (κ1) is 12.4. The molecule has 94 valence electrons. The summed E-state index contributed by atoms with van der Waals surface area (Å²) in [5, 5.41) is 3.82. The van der Waals surface area contributed by atoms with E-state index < -0.39 is 6.04 Å². The summed E-state index contributed by atoms with van der Waals surface area (Å²) < 4.78 is 0. The largest absolute Gasteiger partial charge is 0.361 e. The number of carbonyl (C=O) groups is 1. The fraction of sp³-hybridized carbons (Fsp3) is 0.214. The van der Waals surface area contributed by atoms with Gasteiger partial charge in [-0.05, 0) is 18.1 Å².